The van der Waals surface area contributed by atoms with Gasteiger partial charge in [-0.3, -0.25) is 4.40 Å². The van der Waals surface area contributed by atoms with Crippen LogP contribution < -0.4 is 0 Å². The van der Waals surface area contributed by atoms with Gasteiger partial charge in [-0.15, -0.1) is 10.2 Å². The van der Waals surface area contributed by atoms with E-state index in [0.29, 0.717) is 11.7 Å². The van der Waals surface area contributed by atoms with Crippen molar-refractivity contribution in [3.05, 3.63) is 64.6 Å². The second-order valence-electron chi connectivity index (χ2n) is 8.56. The monoisotopic (exact) mass is 467 g/mol. The summed E-state index contributed by atoms with van der Waals surface area (Å²) in [5.74, 6) is 2.02. The van der Waals surface area contributed by atoms with E-state index in [0.717, 1.165) is 60.0 Å². The Labute approximate surface area is 180 Å². The van der Waals surface area contributed by atoms with Crippen LogP contribution in [0.15, 0.2) is 51.6 Å². The lowest BCUT2D eigenvalue weighted by Crippen LogP contribution is -2.47. The summed E-state index contributed by atoms with van der Waals surface area (Å²) in [6.07, 6.45) is 8.08. The van der Waals surface area contributed by atoms with Gasteiger partial charge in [-0.25, -0.2) is 4.39 Å². The number of benzene rings is 1. The van der Waals surface area contributed by atoms with Crippen LogP contribution in [0.3, 0.4) is 0 Å². The second-order valence-corrected chi connectivity index (χ2v) is 9.42. The molecule has 152 valence electrons. The third-order valence-corrected chi connectivity index (χ3v) is 7.71. The Morgan fingerprint density at radius 1 is 0.933 bits per heavy atom. The highest BCUT2D eigenvalue weighted by Gasteiger charge is 2.54. The Balaban J connectivity index is 1.30. The molecule has 0 atom stereocenters. The van der Waals surface area contributed by atoms with Crippen LogP contribution in [0.5, 0.6) is 0 Å². The van der Waals surface area contributed by atoms with Gasteiger partial charge in [0.1, 0.15) is 11.6 Å². The number of halogens is 2. The molecule has 8 heteroatoms. The van der Waals surface area contributed by atoms with E-state index in [1.807, 2.05) is 18.3 Å². The molecule has 30 heavy (non-hydrogen) atoms. The maximum atomic E-state index is 13.2. The topological polar surface area (TPSA) is 69.1 Å². The summed E-state index contributed by atoms with van der Waals surface area (Å²) in [6, 6.07) is 10.2. The number of pyridine rings is 1. The first kappa shape index (κ1) is 18.2. The van der Waals surface area contributed by atoms with E-state index in [2.05, 4.69) is 35.7 Å². The SMILES string of the molecule is Fc1ccc(-c2noc(C34CCC(c5nnc6c(Br)cccn56)(CC3)CC4)n2)cc1. The summed E-state index contributed by atoms with van der Waals surface area (Å²) in [5.41, 5.74) is 1.60. The summed E-state index contributed by atoms with van der Waals surface area (Å²) in [6.45, 7) is 0. The highest BCUT2D eigenvalue weighted by atomic mass is 79.9. The van der Waals surface area contributed by atoms with Crippen molar-refractivity contribution in [3.63, 3.8) is 0 Å². The van der Waals surface area contributed by atoms with Gasteiger partial charge in [0.2, 0.25) is 11.7 Å². The maximum Gasteiger partial charge on any atom is 0.233 e. The van der Waals surface area contributed by atoms with E-state index in [-0.39, 0.29) is 16.6 Å². The molecule has 1 aromatic carbocycles. The zero-order chi connectivity index (χ0) is 20.3. The Morgan fingerprint density at radius 3 is 2.37 bits per heavy atom. The van der Waals surface area contributed by atoms with Crippen LogP contribution >= 0.6 is 15.9 Å². The van der Waals surface area contributed by atoms with Crippen molar-refractivity contribution in [1.29, 1.82) is 0 Å². The molecule has 3 fully saturated rings. The van der Waals surface area contributed by atoms with Crippen LogP contribution in [0.2, 0.25) is 0 Å². The van der Waals surface area contributed by atoms with Crippen LogP contribution in [0.1, 0.15) is 50.2 Å². The highest BCUT2D eigenvalue weighted by molar-refractivity contribution is 9.10. The van der Waals surface area contributed by atoms with Crippen LogP contribution in [0.4, 0.5) is 4.39 Å². The van der Waals surface area contributed by atoms with Gasteiger partial charge in [-0.2, -0.15) is 4.98 Å². The van der Waals surface area contributed by atoms with Crippen LogP contribution in [-0.2, 0) is 10.8 Å². The van der Waals surface area contributed by atoms with E-state index in [1.165, 1.54) is 12.1 Å². The number of rotatable bonds is 3. The van der Waals surface area contributed by atoms with Gasteiger partial charge in [-0.1, -0.05) is 5.16 Å². The van der Waals surface area contributed by atoms with Gasteiger partial charge < -0.3 is 4.52 Å². The molecule has 4 aromatic rings. The van der Waals surface area contributed by atoms with E-state index in [4.69, 9.17) is 9.51 Å². The van der Waals surface area contributed by atoms with Gasteiger partial charge in [-0.05, 0) is 90.9 Å². The number of aromatic nitrogens is 5. The molecule has 3 aliphatic rings. The molecule has 0 N–H and O–H groups in total. The number of nitrogens with zero attached hydrogens (tertiary/aromatic N) is 5. The van der Waals surface area contributed by atoms with Crippen molar-refractivity contribution in [2.45, 2.75) is 49.4 Å². The Kier molecular flexibility index (Phi) is 3.90. The minimum absolute atomic E-state index is 0.0434. The normalized spacial score (nSPS) is 25.8. The molecule has 7 rings (SSSR count). The van der Waals surface area contributed by atoms with Crippen molar-refractivity contribution < 1.29 is 8.91 Å². The molecule has 0 amide bonds. The molecule has 0 aliphatic heterocycles. The summed E-state index contributed by atoms with van der Waals surface area (Å²) < 4.78 is 22.0. The maximum absolute atomic E-state index is 13.2. The summed E-state index contributed by atoms with van der Waals surface area (Å²) in [4.78, 5) is 4.71. The lowest BCUT2D eigenvalue weighted by atomic mass is 9.53. The van der Waals surface area contributed by atoms with Gasteiger partial charge in [0.05, 0.1) is 4.47 Å². The smallest absolute Gasteiger partial charge is 0.233 e. The van der Waals surface area contributed by atoms with Crippen molar-refractivity contribution in [2.24, 2.45) is 0 Å². The molecule has 2 bridgehead atoms. The molecule has 0 saturated heterocycles. The summed E-state index contributed by atoms with van der Waals surface area (Å²) in [7, 11) is 0. The molecular formula is C22H19BrFN5O. The van der Waals surface area contributed by atoms with E-state index in [1.54, 1.807) is 12.1 Å². The van der Waals surface area contributed by atoms with Crippen molar-refractivity contribution in [3.8, 4) is 11.4 Å². The zero-order valence-electron chi connectivity index (χ0n) is 16.2. The first-order valence-corrected chi connectivity index (χ1v) is 11.0. The molecule has 3 saturated carbocycles. The quantitative estimate of drug-likeness (QED) is 0.412. The minimum atomic E-state index is -0.273. The lowest BCUT2D eigenvalue weighted by molar-refractivity contribution is 0.0700. The number of hydrogen-bond acceptors (Lipinski definition) is 5. The standard InChI is InChI=1S/C22H19BrFN5O/c23-16-2-1-13-29-18(16)26-27-19(29)21-7-10-22(11-8-21,12-9-21)20-25-17(28-30-20)14-3-5-15(24)6-4-14/h1-6,13H,7-12H2. The fourth-order valence-corrected chi connectivity index (χ4v) is 5.67. The fourth-order valence-electron chi connectivity index (χ4n) is 5.24. The molecule has 3 aromatic heterocycles. The molecule has 0 radical (unpaired) electrons. The van der Waals surface area contributed by atoms with E-state index in [9.17, 15) is 4.39 Å². The first-order chi connectivity index (χ1) is 14.6. The molecule has 0 unspecified atom stereocenters. The Hall–Kier alpha value is -2.61. The third kappa shape index (κ3) is 2.59. The van der Waals surface area contributed by atoms with Gasteiger partial charge in [0, 0.05) is 22.6 Å². The van der Waals surface area contributed by atoms with Crippen molar-refractivity contribution >= 4 is 21.6 Å². The summed E-state index contributed by atoms with van der Waals surface area (Å²) >= 11 is 3.58. The second kappa shape index (κ2) is 6.44. The van der Waals surface area contributed by atoms with Crippen LogP contribution in [0.25, 0.3) is 17.0 Å². The Morgan fingerprint density at radius 2 is 1.63 bits per heavy atom. The predicted octanol–water partition coefficient (Wildman–Crippen LogP) is 5.22. The van der Waals surface area contributed by atoms with Gasteiger partial charge >= 0.3 is 0 Å². The van der Waals surface area contributed by atoms with Gasteiger partial charge in [0.15, 0.2) is 5.65 Å². The molecule has 0 spiro atoms. The zero-order valence-corrected chi connectivity index (χ0v) is 17.8. The van der Waals surface area contributed by atoms with Crippen molar-refractivity contribution in [2.75, 3.05) is 0 Å². The molecule has 6 nitrogen and oxygen atoms in total. The van der Waals surface area contributed by atoms with E-state index >= 15 is 0 Å². The largest absolute Gasteiger partial charge is 0.338 e. The highest BCUT2D eigenvalue weighted by Crippen LogP contribution is 2.58. The first-order valence-electron chi connectivity index (χ1n) is 10.2. The average Bonchev–Trinajstić information content (AvgIpc) is 3.45. The fraction of sp³-hybridized carbons (Fsp3) is 0.364. The van der Waals surface area contributed by atoms with Crippen LogP contribution in [0, 0.1) is 5.82 Å². The van der Waals surface area contributed by atoms with Crippen LogP contribution in [-0.4, -0.2) is 24.7 Å². The van der Waals surface area contributed by atoms with Crippen molar-refractivity contribution in [1.82, 2.24) is 24.7 Å². The molecule has 3 heterocycles. The summed E-state index contributed by atoms with van der Waals surface area (Å²) in [5, 5.41) is 13.2. The number of hydrogen-bond donors (Lipinski definition) is 0. The predicted molar refractivity (Wildman–Crippen MR) is 111 cm³/mol. The Bertz CT molecular complexity index is 1220. The number of fused-ring (bicyclic) bond motifs is 4. The van der Waals surface area contributed by atoms with E-state index < -0.39 is 0 Å². The lowest BCUT2D eigenvalue weighted by Gasteiger charge is -2.50. The molecule has 3 aliphatic carbocycles. The molecular weight excluding hydrogens is 449 g/mol. The minimum Gasteiger partial charge on any atom is -0.338 e. The average molecular weight is 468 g/mol. The third-order valence-electron chi connectivity index (χ3n) is 7.09. The van der Waals surface area contributed by atoms with Gasteiger partial charge in [0.25, 0.3) is 0 Å².